The molecular weight excluding hydrogens is 332 g/mol. The van der Waals surface area contributed by atoms with Gasteiger partial charge in [-0.1, -0.05) is 55.4 Å². The Balaban J connectivity index is 1.62. The number of esters is 1. The molecule has 2 aliphatic rings. The van der Waals surface area contributed by atoms with Crippen molar-refractivity contribution in [3.63, 3.8) is 0 Å². The molecule has 2 atom stereocenters. The molecule has 1 saturated heterocycles. The number of ether oxygens (including phenoxy) is 1. The van der Waals surface area contributed by atoms with Gasteiger partial charge >= 0.3 is 5.97 Å². The number of benzene rings is 1. The van der Waals surface area contributed by atoms with Gasteiger partial charge in [0.15, 0.2) is 0 Å². The van der Waals surface area contributed by atoms with Crippen LogP contribution >= 0.6 is 23.4 Å². The molecule has 1 heterocycles. The Morgan fingerprint density at radius 3 is 2.91 bits per heavy atom. The minimum absolute atomic E-state index is 0.0898. The summed E-state index contributed by atoms with van der Waals surface area (Å²) in [6.45, 7) is 4.32. The van der Waals surface area contributed by atoms with Gasteiger partial charge in [-0.3, -0.25) is 9.59 Å². The molecule has 3 rings (SSSR count). The summed E-state index contributed by atoms with van der Waals surface area (Å²) >= 11 is 7.29. The van der Waals surface area contributed by atoms with Gasteiger partial charge in [-0.2, -0.15) is 0 Å². The number of hydrogen-bond donors (Lipinski definition) is 0. The van der Waals surface area contributed by atoms with E-state index >= 15 is 0 Å². The fourth-order valence-corrected chi connectivity index (χ4v) is 4.20. The Kier molecular flexibility index (Phi) is 4.56. The lowest BCUT2D eigenvalue weighted by molar-refractivity contribution is -0.147. The van der Waals surface area contributed by atoms with Gasteiger partial charge in [0.05, 0.1) is 5.92 Å². The molecule has 0 bridgehead atoms. The van der Waals surface area contributed by atoms with Crippen molar-refractivity contribution in [2.24, 2.45) is 17.3 Å². The van der Waals surface area contributed by atoms with Gasteiger partial charge in [0.1, 0.15) is 6.61 Å². The molecule has 0 amide bonds. The number of halogens is 1. The number of allylic oxidation sites excluding steroid dienone is 1. The van der Waals surface area contributed by atoms with Gasteiger partial charge in [0, 0.05) is 16.3 Å². The van der Waals surface area contributed by atoms with Crippen LogP contribution in [0.3, 0.4) is 0 Å². The van der Waals surface area contributed by atoms with E-state index in [9.17, 15) is 9.59 Å². The molecule has 122 valence electrons. The third-order valence-corrected chi connectivity index (χ3v) is 5.85. The lowest BCUT2D eigenvalue weighted by Gasteiger charge is -2.06. The molecule has 2 unspecified atom stereocenters. The van der Waals surface area contributed by atoms with Crippen LogP contribution < -0.4 is 0 Å². The van der Waals surface area contributed by atoms with E-state index < -0.39 is 0 Å². The van der Waals surface area contributed by atoms with E-state index in [1.54, 1.807) is 12.1 Å². The van der Waals surface area contributed by atoms with Crippen LogP contribution in [0.1, 0.15) is 25.8 Å². The average Bonchev–Trinajstić information content (AvgIpc) is 2.81. The van der Waals surface area contributed by atoms with Crippen LogP contribution in [-0.4, -0.2) is 16.8 Å². The van der Waals surface area contributed by atoms with E-state index in [1.807, 2.05) is 32.1 Å². The van der Waals surface area contributed by atoms with Crippen molar-refractivity contribution in [1.82, 2.24) is 0 Å². The molecule has 1 saturated carbocycles. The maximum atomic E-state index is 12.4. The van der Waals surface area contributed by atoms with E-state index in [2.05, 4.69) is 0 Å². The standard InChI is InChI=1S/C18H19ClO3S/c1-18(2)14(9-12-6-7-23-17(12)21)15(18)16(20)22-10-11-4-3-5-13(19)8-11/h3-5,8-9,14-15H,6-7,10H2,1-2H3/b12-9+. The van der Waals surface area contributed by atoms with Crippen molar-refractivity contribution >= 4 is 34.4 Å². The molecule has 3 nitrogen and oxygen atoms in total. The predicted molar refractivity (Wildman–Crippen MR) is 92.2 cm³/mol. The zero-order valence-corrected chi connectivity index (χ0v) is 14.7. The third kappa shape index (κ3) is 3.48. The predicted octanol–water partition coefficient (Wildman–Crippen LogP) is 4.25. The fraction of sp³-hybridized carbons (Fsp3) is 0.444. The summed E-state index contributed by atoms with van der Waals surface area (Å²) in [7, 11) is 0. The lowest BCUT2D eigenvalue weighted by Crippen LogP contribution is -2.10. The first-order chi connectivity index (χ1) is 10.9. The quantitative estimate of drug-likeness (QED) is 0.601. The minimum Gasteiger partial charge on any atom is -0.461 e. The summed E-state index contributed by atoms with van der Waals surface area (Å²) < 4.78 is 5.45. The van der Waals surface area contributed by atoms with Crippen molar-refractivity contribution in [2.75, 3.05) is 5.75 Å². The number of carbonyl (C=O) groups is 2. The molecule has 0 N–H and O–H groups in total. The van der Waals surface area contributed by atoms with E-state index in [0.717, 1.165) is 23.3 Å². The Morgan fingerprint density at radius 2 is 2.26 bits per heavy atom. The van der Waals surface area contributed by atoms with Crippen LogP contribution in [0.2, 0.25) is 5.02 Å². The van der Waals surface area contributed by atoms with E-state index in [0.29, 0.717) is 5.02 Å². The largest absolute Gasteiger partial charge is 0.461 e. The van der Waals surface area contributed by atoms with Crippen molar-refractivity contribution < 1.29 is 14.3 Å². The van der Waals surface area contributed by atoms with Crippen LogP contribution in [0.5, 0.6) is 0 Å². The highest BCUT2D eigenvalue weighted by molar-refractivity contribution is 8.14. The van der Waals surface area contributed by atoms with Crippen molar-refractivity contribution in [1.29, 1.82) is 0 Å². The van der Waals surface area contributed by atoms with Crippen LogP contribution in [0, 0.1) is 17.3 Å². The second kappa shape index (κ2) is 6.33. The number of thioether (sulfide) groups is 1. The smallest absolute Gasteiger partial charge is 0.310 e. The molecular formula is C18H19ClO3S. The second-order valence-electron chi connectivity index (χ2n) is 6.64. The molecule has 1 aliphatic carbocycles. The summed E-state index contributed by atoms with van der Waals surface area (Å²) in [5.74, 6) is 0.566. The summed E-state index contributed by atoms with van der Waals surface area (Å²) in [5.41, 5.74) is 1.59. The first kappa shape index (κ1) is 16.6. The number of rotatable bonds is 4. The Labute approximate surface area is 145 Å². The summed E-state index contributed by atoms with van der Waals surface area (Å²) in [6.07, 6.45) is 2.80. The van der Waals surface area contributed by atoms with Gasteiger partial charge in [-0.25, -0.2) is 0 Å². The minimum atomic E-state index is -0.199. The van der Waals surface area contributed by atoms with Gasteiger partial charge < -0.3 is 4.74 Å². The molecule has 0 aromatic heterocycles. The summed E-state index contributed by atoms with van der Waals surface area (Å²) in [5, 5.41) is 0.781. The lowest BCUT2D eigenvalue weighted by atomic mass is 10.1. The average molecular weight is 351 g/mol. The number of hydrogen-bond acceptors (Lipinski definition) is 4. The van der Waals surface area contributed by atoms with Crippen LogP contribution in [-0.2, 0) is 20.9 Å². The maximum Gasteiger partial charge on any atom is 0.310 e. The SMILES string of the molecule is CC1(C)C(/C=C2\CCSC2=O)C1C(=O)OCc1cccc(Cl)c1. The zero-order chi connectivity index (χ0) is 16.6. The van der Waals surface area contributed by atoms with Gasteiger partial charge in [0.25, 0.3) is 0 Å². The van der Waals surface area contributed by atoms with Crippen LogP contribution in [0.4, 0.5) is 0 Å². The highest BCUT2D eigenvalue weighted by atomic mass is 35.5. The molecule has 5 heteroatoms. The van der Waals surface area contributed by atoms with Gasteiger partial charge in [0.2, 0.25) is 5.12 Å². The maximum absolute atomic E-state index is 12.4. The van der Waals surface area contributed by atoms with Crippen molar-refractivity contribution in [2.45, 2.75) is 26.9 Å². The normalized spacial score (nSPS) is 27.3. The monoisotopic (exact) mass is 350 g/mol. The first-order valence-corrected chi connectivity index (χ1v) is 9.05. The van der Waals surface area contributed by atoms with E-state index in [4.69, 9.17) is 16.3 Å². The van der Waals surface area contributed by atoms with Gasteiger partial charge in [-0.15, -0.1) is 0 Å². The summed E-state index contributed by atoms with van der Waals surface area (Å²) in [4.78, 5) is 24.1. The topological polar surface area (TPSA) is 43.4 Å². The van der Waals surface area contributed by atoms with E-state index in [1.165, 1.54) is 11.8 Å². The zero-order valence-electron chi connectivity index (χ0n) is 13.2. The van der Waals surface area contributed by atoms with Crippen LogP contribution in [0.15, 0.2) is 35.9 Å². The molecule has 0 spiro atoms. The molecule has 1 aromatic rings. The fourth-order valence-electron chi connectivity index (χ4n) is 3.13. The van der Waals surface area contributed by atoms with Crippen LogP contribution in [0.25, 0.3) is 0 Å². The summed E-state index contributed by atoms with van der Waals surface area (Å²) in [6, 6.07) is 7.30. The molecule has 1 aliphatic heterocycles. The van der Waals surface area contributed by atoms with Crippen molar-refractivity contribution in [3.8, 4) is 0 Å². The van der Waals surface area contributed by atoms with Gasteiger partial charge in [-0.05, 0) is 35.4 Å². The Hall–Kier alpha value is -1.26. The molecule has 0 radical (unpaired) electrons. The van der Waals surface area contributed by atoms with E-state index in [-0.39, 0.29) is 34.9 Å². The van der Waals surface area contributed by atoms with Crippen molar-refractivity contribution in [3.05, 3.63) is 46.5 Å². The second-order valence-corrected chi connectivity index (χ2v) is 8.14. The molecule has 2 fully saturated rings. The third-order valence-electron chi connectivity index (χ3n) is 4.68. The number of carbonyl (C=O) groups excluding carboxylic acids is 2. The Morgan fingerprint density at radius 1 is 1.48 bits per heavy atom. The molecule has 23 heavy (non-hydrogen) atoms. The Bertz CT molecular complexity index is 681. The molecule has 1 aromatic carbocycles. The highest BCUT2D eigenvalue weighted by Gasteiger charge is 2.61. The highest BCUT2D eigenvalue weighted by Crippen LogP contribution is 2.60. The first-order valence-electron chi connectivity index (χ1n) is 7.68.